The van der Waals surface area contributed by atoms with E-state index in [1.54, 1.807) is 0 Å². The molecule has 2 heteroatoms. The summed E-state index contributed by atoms with van der Waals surface area (Å²) >= 11 is 0. The van der Waals surface area contributed by atoms with Gasteiger partial charge in [-0.25, -0.2) is 0 Å². The van der Waals surface area contributed by atoms with E-state index in [1.807, 2.05) is 13.8 Å². The summed E-state index contributed by atoms with van der Waals surface area (Å²) < 4.78 is 5.22. The molecule has 1 aliphatic rings. The number of hydrogen-bond acceptors (Lipinski definition) is 2. The van der Waals surface area contributed by atoms with Gasteiger partial charge in [0.05, 0.1) is 18.3 Å². The Bertz CT molecular complexity index is 72.6. The Morgan fingerprint density at radius 1 is 1.50 bits per heavy atom. The van der Waals surface area contributed by atoms with Crippen molar-refractivity contribution in [3.63, 3.8) is 0 Å². The van der Waals surface area contributed by atoms with Gasteiger partial charge in [0.15, 0.2) is 0 Å². The zero-order valence-corrected chi connectivity index (χ0v) is 5.29. The largest absolute Gasteiger partial charge is 0.390 e. The lowest BCUT2D eigenvalue weighted by molar-refractivity contribution is 0.0287. The van der Waals surface area contributed by atoms with Gasteiger partial charge in [-0.05, 0) is 13.8 Å². The molecule has 2 unspecified atom stereocenters. The minimum Gasteiger partial charge on any atom is -0.390 e. The number of ether oxygens (including phenoxy) is 1. The highest BCUT2D eigenvalue weighted by Crippen LogP contribution is 2.18. The number of aliphatic hydroxyl groups is 1. The Morgan fingerprint density at radius 3 is 2.25 bits per heavy atom. The second kappa shape index (κ2) is 2.03. The Kier molecular flexibility index (Phi) is 1.54. The third kappa shape index (κ3) is 1.01. The molecule has 0 saturated carbocycles. The molecule has 1 saturated heterocycles. The van der Waals surface area contributed by atoms with E-state index in [-0.39, 0.29) is 18.3 Å². The number of aliphatic hydroxyl groups excluding tert-OH is 1. The maximum Gasteiger partial charge on any atom is 0.0823 e. The van der Waals surface area contributed by atoms with Crippen LogP contribution in [0.4, 0.5) is 0 Å². The minimum absolute atomic E-state index is 0.0463. The van der Waals surface area contributed by atoms with Crippen LogP contribution in [0.25, 0.3) is 0 Å². The van der Waals surface area contributed by atoms with E-state index < -0.39 is 0 Å². The molecule has 1 heterocycles. The molecule has 2 nitrogen and oxygen atoms in total. The third-order valence-electron chi connectivity index (χ3n) is 1.56. The molecule has 3 atom stereocenters. The molecule has 8 heavy (non-hydrogen) atoms. The van der Waals surface area contributed by atoms with Crippen molar-refractivity contribution in [3.05, 3.63) is 0 Å². The zero-order valence-electron chi connectivity index (χ0n) is 5.29. The van der Waals surface area contributed by atoms with Crippen LogP contribution in [0, 0.1) is 0 Å². The fourth-order valence-corrected chi connectivity index (χ4v) is 1.04. The van der Waals surface area contributed by atoms with Crippen LogP contribution >= 0.6 is 0 Å². The van der Waals surface area contributed by atoms with Gasteiger partial charge in [-0.3, -0.25) is 0 Å². The Balaban J connectivity index is 2.39. The van der Waals surface area contributed by atoms with Crippen molar-refractivity contribution in [2.24, 2.45) is 0 Å². The Hall–Kier alpha value is -0.0800. The summed E-state index contributed by atoms with van der Waals surface area (Å²) in [7, 11) is 0. The second-order valence-electron chi connectivity index (χ2n) is 2.45. The van der Waals surface area contributed by atoms with Crippen molar-refractivity contribution in [3.8, 4) is 0 Å². The molecule has 0 aromatic heterocycles. The molecule has 48 valence electrons. The predicted octanol–water partition coefficient (Wildman–Crippen LogP) is 0.545. The first-order valence-corrected chi connectivity index (χ1v) is 3.03. The summed E-state index contributed by atoms with van der Waals surface area (Å²) in [5.41, 5.74) is 0. The summed E-state index contributed by atoms with van der Waals surface area (Å²) in [6, 6.07) is 0. The molecule has 0 amide bonds. The van der Waals surface area contributed by atoms with Crippen LogP contribution in [0.5, 0.6) is 0 Å². The van der Waals surface area contributed by atoms with E-state index in [4.69, 9.17) is 9.84 Å². The van der Waals surface area contributed by atoms with E-state index in [9.17, 15) is 0 Å². The lowest BCUT2D eigenvalue weighted by Gasteiger charge is -2.04. The summed E-state index contributed by atoms with van der Waals surface area (Å²) in [5.74, 6) is 0. The molecule has 0 aromatic rings. The minimum atomic E-state index is -0.231. The van der Waals surface area contributed by atoms with Gasteiger partial charge in [0.25, 0.3) is 0 Å². The highest BCUT2D eigenvalue weighted by molar-refractivity contribution is 4.75. The van der Waals surface area contributed by atoms with Gasteiger partial charge in [-0.15, -0.1) is 0 Å². The lowest BCUT2D eigenvalue weighted by atomic mass is 10.2. The summed E-state index contributed by atoms with van der Waals surface area (Å²) in [6.45, 7) is 3.88. The van der Waals surface area contributed by atoms with E-state index in [2.05, 4.69) is 0 Å². The van der Waals surface area contributed by atoms with Crippen molar-refractivity contribution in [1.29, 1.82) is 0 Å². The molecular weight excluding hydrogens is 104 g/mol. The van der Waals surface area contributed by atoms with Gasteiger partial charge in [-0.2, -0.15) is 0 Å². The molecular formula is C6H12O2. The second-order valence-corrected chi connectivity index (χ2v) is 2.45. The van der Waals surface area contributed by atoms with Gasteiger partial charge >= 0.3 is 0 Å². The van der Waals surface area contributed by atoms with Crippen LogP contribution < -0.4 is 0 Å². The topological polar surface area (TPSA) is 29.5 Å². The van der Waals surface area contributed by atoms with E-state index in [1.165, 1.54) is 0 Å². The van der Waals surface area contributed by atoms with Gasteiger partial charge in [0.1, 0.15) is 0 Å². The first kappa shape index (κ1) is 6.05. The Morgan fingerprint density at radius 2 is 2.12 bits per heavy atom. The lowest BCUT2D eigenvalue weighted by Crippen LogP contribution is -2.15. The van der Waals surface area contributed by atoms with Crippen molar-refractivity contribution in [1.82, 2.24) is 0 Å². The fourth-order valence-electron chi connectivity index (χ4n) is 1.04. The highest BCUT2D eigenvalue weighted by Gasteiger charge is 2.26. The third-order valence-corrected chi connectivity index (χ3v) is 1.56. The van der Waals surface area contributed by atoms with Crippen LogP contribution in [0.1, 0.15) is 20.3 Å². The van der Waals surface area contributed by atoms with Crippen molar-refractivity contribution in [2.75, 3.05) is 0 Å². The van der Waals surface area contributed by atoms with E-state index >= 15 is 0 Å². The van der Waals surface area contributed by atoms with E-state index in [0.29, 0.717) is 0 Å². The quantitative estimate of drug-likeness (QED) is 0.500. The van der Waals surface area contributed by atoms with Gasteiger partial charge in [0, 0.05) is 6.42 Å². The van der Waals surface area contributed by atoms with Crippen molar-refractivity contribution < 1.29 is 9.84 Å². The molecule has 1 aliphatic heterocycles. The summed E-state index contributed by atoms with van der Waals surface area (Å²) in [4.78, 5) is 0. The van der Waals surface area contributed by atoms with Gasteiger partial charge in [-0.1, -0.05) is 0 Å². The average molecular weight is 116 g/mol. The van der Waals surface area contributed by atoms with Crippen LogP contribution in [0.2, 0.25) is 0 Å². The molecule has 0 radical (unpaired) electrons. The van der Waals surface area contributed by atoms with Crippen LogP contribution in [-0.4, -0.2) is 23.4 Å². The van der Waals surface area contributed by atoms with Crippen LogP contribution in [0.3, 0.4) is 0 Å². The summed E-state index contributed by atoms with van der Waals surface area (Å²) in [5, 5.41) is 9.04. The first-order valence-electron chi connectivity index (χ1n) is 3.03. The van der Waals surface area contributed by atoms with Crippen LogP contribution in [0.15, 0.2) is 0 Å². The molecule has 1 fully saturated rings. The maximum absolute atomic E-state index is 9.04. The molecule has 0 spiro atoms. The van der Waals surface area contributed by atoms with Gasteiger partial charge in [0.2, 0.25) is 0 Å². The zero-order chi connectivity index (χ0) is 6.15. The summed E-state index contributed by atoms with van der Waals surface area (Å²) in [6.07, 6.45) is 0.858. The fraction of sp³-hybridized carbons (Fsp3) is 1.00. The van der Waals surface area contributed by atoms with E-state index in [0.717, 1.165) is 6.42 Å². The number of hydrogen-bond donors (Lipinski definition) is 1. The molecule has 1 N–H and O–H groups in total. The molecule has 0 aromatic carbocycles. The predicted molar refractivity (Wildman–Crippen MR) is 30.6 cm³/mol. The van der Waals surface area contributed by atoms with Crippen molar-refractivity contribution in [2.45, 2.75) is 38.6 Å². The highest BCUT2D eigenvalue weighted by atomic mass is 16.5. The number of rotatable bonds is 0. The molecule has 0 bridgehead atoms. The molecule has 0 aliphatic carbocycles. The monoisotopic (exact) mass is 116 g/mol. The smallest absolute Gasteiger partial charge is 0.0823 e. The average Bonchev–Trinajstić information content (AvgIpc) is 1.85. The standard InChI is InChI=1S/C6H12O2/c1-4-3-6(7)5(2)8-4/h4-7H,3H2,1-2H3/t4?,5-,6?/m1/s1. The van der Waals surface area contributed by atoms with Crippen molar-refractivity contribution >= 4 is 0 Å². The SMILES string of the molecule is CC1CC(O)[C@@H](C)O1. The Labute approximate surface area is 49.5 Å². The molecule has 1 rings (SSSR count). The van der Waals surface area contributed by atoms with Crippen LogP contribution in [-0.2, 0) is 4.74 Å². The normalized spacial score (nSPS) is 47.6. The first-order chi connectivity index (χ1) is 3.70. The maximum atomic E-state index is 9.04. The van der Waals surface area contributed by atoms with Gasteiger partial charge < -0.3 is 9.84 Å².